The molecule has 2 aromatic rings. The number of carbonyl (C=O) groups excluding carboxylic acids is 1. The second kappa shape index (κ2) is 7.83. The van der Waals surface area contributed by atoms with Crippen molar-refractivity contribution in [1.29, 1.82) is 0 Å². The van der Waals surface area contributed by atoms with Crippen LogP contribution in [0.4, 0.5) is 0 Å². The van der Waals surface area contributed by atoms with Gasteiger partial charge in [-0.05, 0) is 36.4 Å². The summed E-state index contributed by atoms with van der Waals surface area (Å²) in [7, 11) is 0. The lowest BCUT2D eigenvalue weighted by Gasteiger charge is -2.05. The number of hydrogen-bond donors (Lipinski definition) is 2. The van der Waals surface area contributed by atoms with Crippen LogP contribution >= 0.6 is 0 Å². The Morgan fingerprint density at radius 2 is 2.00 bits per heavy atom. The molecule has 3 N–H and O–H groups in total. The number of hydrogen-bond acceptors (Lipinski definition) is 3. The van der Waals surface area contributed by atoms with Crippen molar-refractivity contribution in [3.8, 4) is 11.8 Å². The largest absolute Gasteiger partial charge is 0.352 e. The van der Waals surface area contributed by atoms with Crippen LogP contribution in [0.5, 0.6) is 0 Å². The van der Waals surface area contributed by atoms with Gasteiger partial charge in [-0.15, -0.1) is 0 Å². The normalized spacial score (nSPS) is 9.57. The number of pyridine rings is 1. The Bertz CT molecular complexity index is 639. The van der Waals surface area contributed by atoms with E-state index in [9.17, 15) is 4.79 Å². The van der Waals surface area contributed by atoms with Gasteiger partial charge in [0.05, 0.1) is 6.54 Å². The Kier molecular flexibility index (Phi) is 5.50. The predicted octanol–water partition coefficient (Wildman–Crippen LogP) is 1.36. The molecule has 0 bridgehead atoms. The summed E-state index contributed by atoms with van der Waals surface area (Å²) in [6.45, 7) is 0.889. The molecule has 2 rings (SSSR count). The van der Waals surface area contributed by atoms with Gasteiger partial charge in [-0.1, -0.05) is 17.9 Å². The lowest BCUT2D eigenvalue weighted by atomic mass is 10.1. The zero-order chi connectivity index (χ0) is 14.9. The molecule has 4 heteroatoms. The number of nitrogens with two attached hydrogens (primary N) is 1. The van der Waals surface area contributed by atoms with Crippen molar-refractivity contribution in [2.24, 2.45) is 5.73 Å². The van der Waals surface area contributed by atoms with Gasteiger partial charge in [0.1, 0.15) is 0 Å². The van der Waals surface area contributed by atoms with Crippen LogP contribution in [0.3, 0.4) is 0 Å². The Hall–Kier alpha value is -2.64. The van der Waals surface area contributed by atoms with E-state index < -0.39 is 0 Å². The van der Waals surface area contributed by atoms with E-state index in [1.165, 1.54) is 0 Å². The lowest BCUT2D eigenvalue weighted by molar-refractivity contribution is 0.0954. The van der Waals surface area contributed by atoms with E-state index in [-0.39, 0.29) is 5.91 Å². The van der Waals surface area contributed by atoms with Crippen molar-refractivity contribution in [3.05, 3.63) is 65.5 Å². The first-order valence-corrected chi connectivity index (χ1v) is 6.76. The summed E-state index contributed by atoms with van der Waals surface area (Å²) in [6, 6.07) is 12.9. The van der Waals surface area contributed by atoms with E-state index in [0.29, 0.717) is 25.1 Å². The Morgan fingerprint density at radius 1 is 1.19 bits per heavy atom. The van der Waals surface area contributed by atoms with Crippen LogP contribution in [0.1, 0.15) is 21.6 Å². The van der Waals surface area contributed by atoms with Gasteiger partial charge in [0.15, 0.2) is 0 Å². The molecule has 0 saturated carbocycles. The van der Waals surface area contributed by atoms with Crippen molar-refractivity contribution in [2.75, 3.05) is 13.1 Å². The van der Waals surface area contributed by atoms with E-state index in [4.69, 9.17) is 5.73 Å². The molecule has 0 spiro atoms. The first kappa shape index (κ1) is 14.8. The first-order valence-electron chi connectivity index (χ1n) is 6.76. The summed E-state index contributed by atoms with van der Waals surface area (Å²) in [5.74, 6) is 5.60. The second-order valence-electron chi connectivity index (χ2n) is 4.41. The average Bonchev–Trinajstić information content (AvgIpc) is 2.54. The minimum atomic E-state index is -0.0933. The number of aromatic nitrogens is 1. The van der Waals surface area contributed by atoms with Crippen LogP contribution in [-0.4, -0.2) is 24.0 Å². The number of carbonyl (C=O) groups is 1. The molecule has 0 fully saturated rings. The zero-order valence-electron chi connectivity index (χ0n) is 11.7. The highest BCUT2D eigenvalue weighted by molar-refractivity contribution is 5.94. The highest BCUT2D eigenvalue weighted by atomic mass is 16.1. The molecule has 0 unspecified atom stereocenters. The van der Waals surface area contributed by atoms with Crippen molar-refractivity contribution < 1.29 is 4.79 Å². The molecule has 1 aromatic heterocycles. The highest BCUT2D eigenvalue weighted by Gasteiger charge is 2.04. The van der Waals surface area contributed by atoms with Crippen molar-refractivity contribution >= 4 is 5.91 Å². The molecule has 21 heavy (non-hydrogen) atoms. The third kappa shape index (κ3) is 4.75. The van der Waals surface area contributed by atoms with Crippen LogP contribution in [0.2, 0.25) is 0 Å². The molecule has 0 saturated heterocycles. The summed E-state index contributed by atoms with van der Waals surface area (Å²) < 4.78 is 0. The lowest BCUT2D eigenvalue weighted by Crippen LogP contribution is -2.25. The van der Waals surface area contributed by atoms with Gasteiger partial charge in [-0.25, -0.2) is 0 Å². The van der Waals surface area contributed by atoms with E-state index in [1.807, 2.05) is 30.3 Å². The van der Waals surface area contributed by atoms with E-state index in [0.717, 1.165) is 11.3 Å². The predicted molar refractivity (Wildman–Crippen MR) is 82.6 cm³/mol. The highest BCUT2D eigenvalue weighted by Crippen LogP contribution is 2.03. The fourth-order valence-electron chi connectivity index (χ4n) is 1.81. The minimum Gasteiger partial charge on any atom is -0.352 e. The maximum Gasteiger partial charge on any atom is 0.251 e. The van der Waals surface area contributed by atoms with E-state index in [1.54, 1.807) is 18.3 Å². The molecule has 1 heterocycles. The summed E-state index contributed by atoms with van der Waals surface area (Å²) >= 11 is 0. The SMILES string of the molecule is NCC#Cc1ccc(C(=O)NCCc2ccccn2)cc1. The molecule has 0 aliphatic heterocycles. The van der Waals surface area contributed by atoms with Gasteiger partial charge in [-0.3, -0.25) is 9.78 Å². The molecule has 106 valence electrons. The Balaban J connectivity index is 1.85. The summed E-state index contributed by atoms with van der Waals surface area (Å²) in [5, 5.41) is 2.88. The fourth-order valence-corrected chi connectivity index (χ4v) is 1.81. The minimum absolute atomic E-state index is 0.0933. The number of amides is 1. The van der Waals surface area contributed by atoms with Gasteiger partial charge >= 0.3 is 0 Å². The molecule has 1 amide bonds. The molecule has 1 aromatic carbocycles. The Labute approximate surface area is 124 Å². The Morgan fingerprint density at radius 3 is 2.67 bits per heavy atom. The molecule has 0 aliphatic carbocycles. The van der Waals surface area contributed by atoms with Gasteiger partial charge in [-0.2, -0.15) is 0 Å². The number of nitrogens with zero attached hydrogens (tertiary/aromatic N) is 1. The molecular weight excluding hydrogens is 262 g/mol. The standard InChI is InChI=1S/C17H17N3O/c18-11-3-4-14-6-8-15(9-7-14)17(21)20-13-10-16-5-1-2-12-19-16/h1-2,5-9,12H,10-11,13,18H2,(H,20,21). The van der Waals surface area contributed by atoms with Gasteiger partial charge in [0.2, 0.25) is 0 Å². The smallest absolute Gasteiger partial charge is 0.251 e. The average molecular weight is 279 g/mol. The molecule has 4 nitrogen and oxygen atoms in total. The van der Waals surface area contributed by atoms with Crippen molar-refractivity contribution in [1.82, 2.24) is 10.3 Å². The quantitative estimate of drug-likeness (QED) is 0.830. The van der Waals surface area contributed by atoms with Crippen LogP contribution in [0.25, 0.3) is 0 Å². The molecule has 0 radical (unpaired) electrons. The second-order valence-corrected chi connectivity index (χ2v) is 4.41. The van der Waals surface area contributed by atoms with Crippen LogP contribution in [0, 0.1) is 11.8 Å². The van der Waals surface area contributed by atoms with Crippen molar-refractivity contribution in [3.63, 3.8) is 0 Å². The molecule has 0 aliphatic rings. The fraction of sp³-hybridized carbons (Fsp3) is 0.176. The summed E-state index contributed by atoms with van der Waals surface area (Å²) in [4.78, 5) is 16.2. The maximum atomic E-state index is 12.0. The maximum absolute atomic E-state index is 12.0. The van der Waals surface area contributed by atoms with Crippen molar-refractivity contribution in [2.45, 2.75) is 6.42 Å². The van der Waals surface area contributed by atoms with Crippen LogP contribution in [-0.2, 0) is 6.42 Å². The zero-order valence-corrected chi connectivity index (χ0v) is 11.7. The number of benzene rings is 1. The van der Waals surface area contributed by atoms with Crippen LogP contribution in [0.15, 0.2) is 48.7 Å². The monoisotopic (exact) mass is 279 g/mol. The number of nitrogens with one attached hydrogen (secondary N) is 1. The summed E-state index contributed by atoms with van der Waals surface area (Å²) in [6.07, 6.45) is 2.46. The van der Waals surface area contributed by atoms with Crippen LogP contribution < -0.4 is 11.1 Å². The third-order valence-corrected chi connectivity index (χ3v) is 2.87. The van der Waals surface area contributed by atoms with E-state index >= 15 is 0 Å². The third-order valence-electron chi connectivity index (χ3n) is 2.87. The summed E-state index contributed by atoms with van der Waals surface area (Å²) in [5.41, 5.74) is 7.75. The molecule has 0 atom stereocenters. The topological polar surface area (TPSA) is 68.0 Å². The first-order chi connectivity index (χ1) is 10.3. The van der Waals surface area contributed by atoms with E-state index in [2.05, 4.69) is 22.1 Å². The van der Waals surface area contributed by atoms with Gasteiger partial charge in [0, 0.05) is 36.0 Å². The van der Waals surface area contributed by atoms with Gasteiger partial charge < -0.3 is 11.1 Å². The molecular formula is C17H17N3O. The van der Waals surface area contributed by atoms with Gasteiger partial charge in [0.25, 0.3) is 5.91 Å². The number of rotatable bonds is 4.